The number of ether oxygens (including phenoxy) is 3. The van der Waals surface area contributed by atoms with E-state index in [1.54, 1.807) is 0 Å². The summed E-state index contributed by atoms with van der Waals surface area (Å²) >= 11 is 0. The molecule has 0 aliphatic carbocycles. The van der Waals surface area contributed by atoms with Crippen molar-refractivity contribution in [3.63, 3.8) is 0 Å². The summed E-state index contributed by atoms with van der Waals surface area (Å²) in [6, 6.07) is 3.18. The van der Waals surface area contributed by atoms with E-state index in [9.17, 15) is 13.6 Å². The van der Waals surface area contributed by atoms with Crippen molar-refractivity contribution in [3.8, 4) is 5.75 Å². The molecule has 2 aliphatic heterocycles. The highest BCUT2D eigenvalue weighted by Crippen LogP contribution is 2.25. The van der Waals surface area contributed by atoms with E-state index in [4.69, 9.17) is 14.2 Å². The summed E-state index contributed by atoms with van der Waals surface area (Å²) in [5.74, 6) is -1.09. The Morgan fingerprint density at radius 3 is 2.84 bits per heavy atom. The third-order valence-corrected chi connectivity index (χ3v) is 4.53. The third-order valence-electron chi connectivity index (χ3n) is 4.53. The van der Waals surface area contributed by atoms with Crippen molar-refractivity contribution in [1.82, 2.24) is 4.90 Å². The van der Waals surface area contributed by atoms with Crippen molar-refractivity contribution in [2.75, 3.05) is 32.9 Å². The van der Waals surface area contributed by atoms with Crippen LogP contribution in [0.3, 0.4) is 0 Å². The fraction of sp³-hybridized carbons (Fsp3) is 0.611. The van der Waals surface area contributed by atoms with Crippen LogP contribution in [0.2, 0.25) is 0 Å². The largest absolute Gasteiger partial charge is 0.491 e. The van der Waals surface area contributed by atoms with Gasteiger partial charge in [0.05, 0.1) is 19.8 Å². The molecule has 25 heavy (non-hydrogen) atoms. The Bertz CT molecular complexity index is 592. The Balaban J connectivity index is 1.39. The van der Waals surface area contributed by atoms with Gasteiger partial charge in [-0.3, -0.25) is 4.79 Å². The highest BCUT2D eigenvalue weighted by atomic mass is 19.1. The van der Waals surface area contributed by atoms with Gasteiger partial charge in [0, 0.05) is 31.5 Å². The molecule has 138 valence electrons. The van der Waals surface area contributed by atoms with Gasteiger partial charge in [0.25, 0.3) is 0 Å². The molecule has 0 saturated carbocycles. The predicted octanol–water partition coefficient (Wildman–Crippen LogP) is 2.74. The summed E-state index contributed by atoms with van der Waals surface area (Å²) in [6.45, 7) is 2.84. The molecular formula is C18H23F2NO4. The van der Waals surface area contributed by atoms with E-state index in [0.717, 1.165) is 31.5 Å². The first kappa shape index (κ1) is 18.1. The lowest BCUT2D eigenvalue weighted by molar-refractivity contribution is -0.139. The monoisotopic (exact) mass is 355 g/mol. The molecule has 0 spiro atoms. The molecule has 3 rings (SSSR count). The zero-order valence-corrected chi connectivity index (χ0v) is 14.1. The normalized spacial score (nSPS) is 21.5. The molecule has 0 bridgehead atoms. The van der Waals surface area contributed by atoms with Gasteiger partial charge in [-0.15, -0.1) is 0 Å². The average Bonchev–Trinajstić information content (AvgIpc) is 3.15. The van der Waals surface area contributed by atoms with Crippen LogP contribution in [0.15, 0.2) is 18.2 Å². The predicted molar refractivity (Wildman–Crippen MR) is 86.1 cm³/mol. The van der Waals surface area contributed by atoms with E-state index in [2.05, 4.69) is 0 Å². The smallest absolute Gasteiger partial charge is 0.222 e. The lowest BCUT2D eigenvalue weighted by Gasteiger charge is -2.34. The number of amides is 1. The van der Waals surface area contributed by atoms with Crippen LogP contribution in [0, 0.1) is 17.6 Å². The molecular weight excluding hydrogens is 332 g/mol. The van der Waals surface area contributed by atoms with Crippen molar-refractivity contribution in [2.24, 2.45) is 5.92 Å². The van der Waals surface area contributed by atoms with Crippen LogP contribution < -0.4 is 4.74 Å². The maximum Gasteiger partial charge on any atom is 0.222 e. The van der Waals surface area contributed by atoms with Gasteiger partial charge in [-0.1, -0.05) is 0 Å². The van der Waals surface area contributed by atoms with Crippen molar-refractivity contribution >= 4 is 5.91 Å². The molecule has 1 amide bonds. The topological polar surface area (TPSA) is 48.0 Å². The first-order chi connectivity index (χ1) is 12.1. The number of carbonyl (C=O) groups is 1. The Hall–Kier alpha value is -1.73. The minimum Gasteiger partial charge on any atom is -0.491 e. The maximum atomic E-state index is 13.5. The number of halogens is 2. The van der Waals surface area contributed by atoms with Crippen molar-refractivity contribution in [1.29, 1.82) is 0 Å². The van der Waals surface area contributed by atoms with Gasteiger partial charge in [-0.05, 0) is 31.4 Å². The van der Waals surface area contributed by atoms with Gasteiger partial charge in [0.15, 0.2) is 17.9 Å². The standard InChI is InChI=1S/C18H23F2NO4/c19-14-5-6-16(15(20)11-14)23-8-2-4-17(22)21-7-1-3-13(12-21)18-24-9-10-25-18/h5-6,11,13,18H,1-4,7-10,12H2. The first-order valence-electron chi connectivity index (χ1n) is 8.72. The number of carbonyl (C=O) groups excluding carboxylic acids is 1. The second-order valence-corrected chi connectivity index (χ2v) is 6.38. The van der Waals surface area contributed by atoms with Crippen LogP contribution in [0.4, 0.5) is 8.78 Å². The number of rotatable bonds is 6. The zero-order chi connectivity index (χ0) is 17.6. The lowest BCUT2D eigenvalue weighted by atomic mass is 9.97. The number of likely N-dealkylation sites (tertiary alicyclic amines) is 1. The van der Waals surface area contributed by atoms with Gasteiger partial charge in [-0.25, -0.2) is 8.78 Å². The summed E-state index contributed by atoms with van der Waals surface area (Å²) in [6.07, 6.45) is 2.56. The van der Waals surface area contributed by atoms with Gasteiger partial charge in [0.2, 0.25) is 5.91 Å². The fourth-order valence-electron chi connectivity index (χ4n) is 3.26. The molecule has 1 aromatic carbocycles. The summed E-state index contributed by atoms with van der Waals surface area (Å²) in [4.78, 5) is 14.2. The molecule has 0 N–H and O–H groups in total. The van der Waals surface area contributed by atoms with Gasteiger partial charge < -0.3 is 19.1 Å². The first-order valence-corrected chi connectivity index (χ1v) is 8.72. The third kappa shape index (κ3) is 4.89. The minimum atomic E-state index is -0.734. The van der Waals surface area contributed by atoms with E-state index in [1.807, 2.05) is 4.90 Å². The molecule has 2 aliphatic rings. The van der Waals surface area contributed by atoms with Crippen LogP contribution >= 0.6 is 0 Å². The van der Waals surface area contributed by atoms with E-state index >= 15 is 0 Å². The fourth-order valence-corrected chi connectivity index (χ4v) is 3.26. The Kier molecular flexibility index (Phi) is 6.20. The molecule has 5 nitrogen and oxygen atoms in total. The zero-order valence-electron chi connectivity index (χ0n) is 14.1. The second-order valence-electron chi connectivity index (χ2n) is 6.38. The van der Waals surface area contributed by atoms with E-state index in [1.165, 1.54) is 6.07 Å². The summed E-state index contributed by atoms with van der Waals surface area (Å²) in [7, 11) is 0. The molecule has 2 heterocycles. The van der Waals surface area contributed by atoms with Crippen molar-refractivity contribution in [3.05, 3.63) is 29.8 Å². The number of hydrogen-bond acceptors (Lipinski definition) is 4. The van der Waals surface area contributed by atoms with Crippen LogP contribution in [0.5, 0.6) is 5.75 Å². The quantitative estimate of drug-likeness (QED) is 0.736. The van der Waals surface area contributed by atoms with Crippen LogP contribution in [-0.2, 0) is 14.3 Å². The molecule has 0 aromatic heterocycles. The number of benzene rings is 1. The molecule has 1 unspecified atom stereocenters. The van der Waals surface area contributed by atoms with Crippen LogP contribution in [0.1, 0.15) is 25.7 Å². The molecule has 0 radical (unpaired) electrons. The van der Waals surface area contributed by atoms with Gasteiger partial charge >= 0.3 is 0 Å². The van der Waals surface area contributed by atoms with Gasteiger partial charge in [-0.2, -0.15) is 0 Å². The van der Waals surface area contributed by atoms with E-state index in [-0.39, 0.29) is 30.5 Å². The molecule has 2 fully saturated rings. The summed E-state index contributed by atoms with van der Waals surface area (Å²) in [5.41, 5.74) is 0. The Morgan fingerprint density at radius 1 is 1.28 bits per heavy atom. The van der Waals surface area contributed by atoms with Gasteiger partial charge in [0.1, 0.15) is 5.82 Å². The lowest BCUT2D eigenvalue weighted by Crippen LogP contribution is -2.43. The Morgan fingerprint density at radius 2 is 2.08 bits per heavy atom. The van der Waals surface area contributed by atoms with E-state index in [0.29, 0.717) is 32.6 Å². The molecule has 1 atom stereocenters. The summed E-state index contributed by atoms with van der Waals surface area (Å²) in [5, 5.41) is 0. The number of nitrogens with zero attached hydrogens (tertiary/aromatic N) is 1. The maximum absolute atomic E-state index is 13.5. The second kappa shape index (κ2) is 8.58. The SMILES string of the molecule is O=C(CCCOc1ccc(F)cc1F)N1CCCC(C2OCCO2)C1. The highest BCUT2D eigenvalue weighted by Gasteiger charge is 2.32. The van der Waals surface area contributed by atoms with Crippen molar-refractivity contribution in [2.45, 2.75) is 32.0 Å². The average molecular weight is 355 g/mol. The molecule has 2 saturated heterocycles. The van der Waals surface area contributed by atoms with Crippen LogP contribution in [-0.4, -0.2) is 50.0 Å². The minimum absolute atomic E-state index is 0.00224. The summed E-state index contributed by atoms with van der Waals surface area (Å²) < 4.78 is 42.7. The van der Waals surface area contributed by atoms with Crippen LogP contribution in [0.25, 0.3) is 0 Å². The number of hydrogen-bond donors (Lipinski definition) is 0. The molecule has 7 heteroatoms. The van der Waals surface area contributed by atoms with Crippen molar-refractivity contribution < 1.29 is 27.8 Å². The Labute approximate surface area is 145 Å². The molecule has 1 aromatic rings. The number of piperidine rings is 1. The highest BCUT2D eigenvalue weighted by molar-refractivity contribution is 5.76. The van der Waals surface area contributed by atoms with E-state index < -0.39 is 11.6 Å².